The van der Waals surface area contributed by atoms with Crippen LogP contribution < -0.4 is 4.74 Å². The molecule has 0 amide bonds. The van der Waals surface area contributed by atoms with Crippen LogP contribution in [0.25, 0.3) is 11.1 Å². The van der Waals surface area contributed by atoms with Gasteiger partial charge < -0.3 is 4.74 Å². The highest BCUT2D eigenvalue weighted by Gasteiger charge is 2.31. The highest BCUT2D eigenvalue weighted by Crippen LogP contribution is 2.41. The van der Waals surface area contributed by atoms with Gasteiger partial charge in [0.15, 0.2) is 6.61 Å². The number of rotatable bonds is 6. The van der Waals surface area contributed by atoms with E-state index in [1.165, 1.54) is 12.1 Å². The topological polar surface area (TPSA) is 9.23 Å². The Balaban J connectivity index is 2.53. The highest BCUT2D eigenvalue weighted by atomic mass is 35.5. The van der Waals surface area contributed by atoms with E-state index >= 15 is 0 Å². The van der Waals surface area contributed by atoms with Gasteiger partial charge in [0.25, 0.3) is 0 Å². The lowest BCUT2D eigenvalue weighted by Gasteiger charge is -2.20. The number of hydrogen-bond donors (Lipinski definition) is 0. The minimum atomic E-state index is -4.58. The molecule has 1 unspecified atom stereocenters. The second kappa shape index (κ2) is 8.86. The maximum atomic E-state index is 12.8. The predicted octanol–water partition coefficient (Wildman–Crippen LogP) is 8.12. The molecule has 0 heterocycles. The molecule has 0 spiro atoms. The van der Waals surface area contributed by atoms with Crippen molar-refractivity contribution in [3.8, 4) is 16.9 Å². The third-order valence-corrected chi connectivity index (χ3v) is 4.64. The van der Waals surface area contributed by atoms with Crippen LogP contribution in [0.5, 0.6) is 5.75 Å². The minimum absolute atomic E-state index is 0.0164. The van der Waals surface area contributed by atoms with Crippen molar-refractivity contribution >= 4 is 11.6 Å². The summed E-state index contributed by atoms with van der Waals surface area (Å²) in [5.74, 6) is 0.223. The lowest BCUT2D eigenvalue weighted by Crippen LogP contribution is -2.19. The van der Waals surface area contributed by atoms with E-state index < -0.39 is 24.5 Å². The summed E-state index contributed by atoms with van der Waals surface area (Å²) in [7, 11) is 0. The number of alkyl halides is 6. The fourth-order valence-corrected chi connectivity index (χ4v) is 3.38. The van der Waals surface area contributed by atoms with Gasteiger partial charge in [0, 0.05) is 5.56 Å². The average molecular weight is 439 g/mol. The third-order valence-electron chi connectivity index (χ3n) is 4.36. The van der Waals surface area contributed by atoms with Crippen molar-refractivity contribution in [2.45, 2.75) is 45.5 Å². The van der Waals surface area contributed by atoms with E-state index in [0.29, 0.717) is 5.92 Å². The molecule has 0 aliphatic carbocycles. The summed E-state index contributed by atoms with van der Waals surface area (Å²) in [4.78, 5) is 0. The first-order valence-corrected chi connectivity index (χ1v) is 9.36. The number of hydrogen-bond acceptors (Lipinski definition) is 1. The molecule has 0 aliphatic rings. The van der Waals surface area contributed by atoms with Crippen molar-refractivity contribution in [1.29, 1.82) is 0 Å². The zero-order valence-electron chi connectivity index (χ0n) is 16.1. The van der Waals surface area contributed by atoms with Crippen LogP contribution in [0, 0.1) is 5.92 Å². The van der Waals surface area contributed by atoms with E-state index in [-0.39, 0.29) is 27.8 Å². The Labute approximate surface area is 170 Å². The van der Waals surface area contributed by atoms with E-state index in [4.69, 9.17) is 16.3 Å². The summed E-state index contributed by atoms with van der Waals surface area (Å²) < 4.78 is 81.4. The standard InChI is InChI=1S/C21H21ClF6O/c1-12(2)8-13(3)15-9-17(14-4-6-16(7-5-14)21(26,27)28)19(18(22)10-15)29-11-20(23,24)25/h4-7,9-10,12-13H,8,11H2,1-3H3. The van der Waals surface area contributed by atoms with Crippen LogP contribution >= 0.6 is 11.6 Å². The molecular weight excluding hydrogens is 418 g/mol. The van der Waals surface area contributed by atoms with Gasteiger partial charge in [0.2, 0.25) is 0 Å². The smallest absolute Gasteiger partial charge is 0.422 e. The number of ether oxygens (including phenoxy) is 1. The Morgan fingerprint density at radius 2 is 1.52 bits per heavy atom. The van der Waals surface area contributed by atoms with E-state index in [9.17, 15) is 26.3 Å². The molecule has 2 aromatic rings. The summed E-state index contributed by atoms with van der Waals surface area (Å²) in [6, 6.07) is 7.33. The Morgan fingerprint density at radius 1 is 0.931 bits per heavy atom. The highest BCUT2D eigenvalue weighted by molar-refractivity contribution is 6.32. The molecule has 1 atom stereocenters. The fourth-order valence-electron chi connectivity index (χ4n) is 3.10. The fraction of sp³-hybridized carbons (Fsp3) is 0.429. The quantitative estimate of drug-likeness (QED) is 0.414. The average Bonchev–Trinajstić information content (AvgIpc) is 2.58. The number of benzene rings is 2. The molecule has 0 radical (unpaired) electrons. The maximum absolute atomic E-state index is 12.8. The van der Waals surface area contributed by atoms with Gasteiger partial charge in [-0.15, -0.1) is 0 Å². The summed E-state index contributed by atoms with van der Waals surface area (Å²) in [6.45, 7) is 4.48. The van der Waals surface area contributed by atoms with Crippen LogP contribution in [-0.2, 0) is 6.18 Å². The van der Waals surface area contributed by atoms with E-state index in [1.807, 2.05) is 20.8 Å². The molecule has 1 nitrogen and oxygen atoms in total. The van der Waals surface area contributed by atoms with Crippen molar-refractivity contribution in [1.82, 2.24) is 0 Å². The van der Waals surface area contributed by atoms with Gasteiger partial charge in [-0.25, -0.2) is 0 Å². The van der Waals surface area contributed by atoms with Crippen LogP contribution in [0.1, 0.15) is 44.2 Å². The molecular formula is C21H21ClF6O. The molecule has 29 heavy (non-hydrogen) atoms. The molecule has 0 saturated heterocycles. The van der Waals surface area contributed by atoms with E-state index in [0.717, 1.165) is 24.1 Å². The van der Waals surface area contributed by atoms with Crippen molar-refractivity contribution in [2.75, 3.05) is 6.61 Å². The molecule has 0 N–H and O–H groups in total. The Morgan fingerprint density at radius 3 is 2.00 bits per heavy atom. The van der Waals surface area contributed by atoms with Gasteiger partial charge in [-0.1, -0.05) is 44.5 Å². The van der Waals surface area contributed by atoms with Crippen molar-refractivity contribution < 1.29 is 31.1 Å². The van der Waals surface area contributed by atoms with Gasteiger partial charge in [-0.2, -0.15) is 26.3 Å². The summed E-state index contributed by atoms with van der Waals surface area (Å²) >= 11 is 6.23. The zero-order valence-corrected chi connectivity index (χ0v) is 16.8. The van der Waals surface area contributed by atoms with Gasteiger partial charge in [0.1, 0.15) is 5.75 Å². The molecule has 2 aromatic carbocycles. The van der Waals surface area contributed by atoms with Crippen molar-refractivity contribution in [2.24, 2.45) is 5.92 Å². The van der Waals surface area contributed by atoms with Gasteiger partial charge in [-0.05, 0) is 53.6 Å². The van der Waals surface area contributed by atoms with Crippen LogP contribution in [0.15, 0.2) is 36.4 Å². The maximum Gasteiger partial charge on any atom is 0.422 e. The molecule has 0 fully saturated rings. The van der Waals surface area contributed by atoms with Crippen LogP contribution in [0.3, 0.4) is 0 Å². The first-order chi connectivity index (χ1) is 13.3. The SMILES string of the molecule is CC(C)CC(C)c1cc(Cl)c(OCC(F)(F)F)c(-c2ccc(C(F)(F)F)cc2)c1. The zero-order chi connectivity index (χ0) is 22.0. The summed E-state index contributed by atoms with van der Waals surface area (Å²) in [5.41, 5.74) is 0.434. The molecule has 0 bridgehead atoms. The second-order valence-electron chi connectivity index (χ2n) is 7.39. The van der Waals surface area contributed by atoms with Gasteiger partial charge in [0.05, 0.1) is 10.6 Å². The van der Waals surface area contributed by atoms with Crippen LogP contribution in [0.2, 0.25) is 5.02 Å². The van der Waals surface area contributed by atoms with Gasteiger partial charge >= 0.3 is 12.4 Å². The van der Waals surface area contributed by atoms with Crippen LogP contribution in [-0.4, -0.2) is 12.8 Å². The summed E-state index contributed by atoms with van der Waals surface area (Å²) in [6.07, 6.45) is -8.28. The Bertz CT molecular complexity index is 825. The number of halogens is 7. The molecule has 0 aromatic heterocycles. The largest absolute Gasteiger partial charge is 0.482 e. The predicted molar refractivity (Wildman–Crippen MR) is 101 cm³/mol. The Hall–Kier alpha value is -1.89. The first kappa shape index (κ1) is 23.4. The molecule has 8 heteroatoms. The first-order valence-electron chi connectivity index (χ1n) is 8.98. The van der Waals surface area contributed by atoms with Crippen molar-refractivity contribution in [3.05, 3.63) is 52.5 Å². The minimum Gasteiger partial charge on any atom is -0.482 e. The lowest BCUT2D eigenvalue weighted by atomic mass is 9.89. The third kappa shape index (κ3) is 6.56. The van der Waals surface area contributed by atoms with Crippen LogP contribution in [0.4, 0.5) is 26.3 Å². The van der Waals surface area contributed by atoms with E-state index in [1.54, 1.807) is 12.1 Å². The Kier molecular flexibility index (Phi) is 7.14. The monoisotopic (exact) mass is 438 g/mol. The normalized spacial score (nSPS) is 13.6. The lowest BCUT2D eigenvalue weighted by molar-refractivity contribution is -0.153. The molecule has 160 valence electrons. The molecule has 0 saturated carbocycles. The van der Waals surface area contributed by atoms with Crippen molar-refractivity contribution in [3.63, 3.8) is 0 Å². The second-order valence-corrected chi connectivity index (χ2v) is 7.80. The molecule has 0 aliphatic heterocycles. The molecule has 2 rings (SSSR count). The van der Waals surface area contributed by atoms with Gasteiger partial charge in [-0.3, -0.25) is 0 Å². The van der Waals surface area contributed by atoms with E-state index in [2.05, 4.69) is 0 Å². The summed E-state index contributed by atoms with van der Waals surface area (Å²) in [5, 5.41) is -0.0164.